The summed E-state index contributed by atoms with van der Waals surface area (Å²) in [6.45, 7) is 1.83. The monoisotopic (exact) mass is 409 g/mol. The van der Waals surface area contributed by atoms with Crippen molar-refractivity contribution in [2.45, 2.75) is 19.4 Å². The molecular weight excluding hydrogens is 396 g/mol. The first-order chi connectivity index (χ1) is 10.5. The lowest BCUT2D eigenvalue weighted by molar-refractivity contribution is 0.0936. The fourth-order valence-corrected chi connectivity index (χ4v) is 3.05. The highest BCUT2D eigenvalue weighted by Crippen LogP contribution is 2.32. The Hall–Kier alpha value is -1.76. The van der Waals surface area contributed by atoms with Gasteiger partial charge in [-0.1, -0.05) is 0 Å². The number of ketones is 1. The molecule has 3 nitrogen and oxygen atoms in total. The van der Waals surface area contributed by atoms with E-state index in [1.165, 1.54) is 18.2 Å². The van der Waals surface area contributed by atoms with Gasteiger partial charge in [-0.2, -0.15) is 0 Å². The van der Waals surface area contributed by atoms with Crippen molar-refractivity contribution in [3.8, 4) is 0 Å². The van der Waals surface area contributed by atoms with E-state index in [1.54, 1.807) is 17.0 Å². The van der Waals surface area contributed by atoms with Crippen LogP contribution in [0.5, 0.6) is 0 Å². The third-order valence-corrected chi connectivity index (χ3v) is 4.47. The first-order valence-electron chi connectivity index (χ1n) is 6.89. The van der Waals surface area contributed by atoms with E-state index < -0.39 is 5.82 Å². The Morgan fingerprint density at radius 3 is 2.59 bits per heavy atom. The van der Waals surface area contributed by atoms with E-state index in [0.717, 1.165) is 3.57 Å². The SMILES string of the molecule is CC1CC(=O)c2cc(F)ccc2N1C(=O)c1ccc(I)cc1. The van der Waals surface area contributed by atoms with Crippen LogP contribution in [0.2, 0.25) is 0 Å². The molecule has 1 heterocycles. The maximum Gasteiger partial charge on any atom is 0.258 e. The van der Waals surface area contributed by atoms with Gasteiger partial charge in [0.1, 0.15) is 5.82 Å². The van der Waals surface area contributed by atoms with Crippen molar-refractivity contribution >= 4 is 40.0 Å². The molecule has 112 valence electrons. The van der Waals surface area contributed by atoms with Gasteiger partial charge >= 0.3 is 0 Å². The summed E-state index contributed by atoms with van der Waals surface area (Å²) in [4.78, 5) is 26.5. The highest BCUT2D eigenvalue weighted by molar-refractivity contribution is 14.1. The van der Waals surface area contributed by atoms with Crippen molar-refractivity contribution < 1.29 is 14.0 Å². The molecule has 0 aliphatic carbocycles. The van der Waals surface area contributed by atoms with Crippen LogP contribution in [0.15, 0.2) is 42.5 Å². The molecule has 0 saturated heterocycles. The maximum absolute atomic E-state index is 13.4. The molecule has 0 spiro atoms. The number of anilines is 1. The Morgan fingerprint density at radius 2 is 1.91 bits per heavy atom. The van der Waals surface area contributed by atoms with Crippen molar-refractivity contribution in [3.05, 3.63) is 63.0 Å². The van der Waals surface area contributed by atoms with E-state index in [-0.39, 0.29) is 29.7 Å². The van der Waals surface area contributed by atoms with Gasteiger partial charge in [0.05, 0.1) is 5.69 Å². The molecule has 0 aromatic heterocycles. The Kier molecular flexibility index (Phi) is 3.99. The average molecular weight is 409 g/mol. The highest BCUT2D eigenvalue weighted by atomic mass is 127. The minimum Gasteiger partial charge on any atom is -0.304 e. The first-order valence-corrected chi connectivity index (χ1v) is 7.97. The van der Waals surface area contributed by atoms with Crippen LogP contribution in [0, 0.1) is 9.39 Å². The largest absolute Gasteiger partial charge is 0.304 e. The number of carbonyl (C=O) groups excluding carboxylic acids is 2. The van der Waals surface area contributed by atoms with Gasteiger partial charge in [-0.25, -0.2) is 4.39 Å². The van der Waals surface area contributed by atoms with E-state index in [1.807, 2.05) is 19.1 Å². The van der Waals surface area contributed by atoms with Gasteiger partial charge in [-0.3, -0.25) is 9.59 Å². The Balaban J connectivity index is 2.06. The van der Waals surface area contributed by atoms with E-state index in [0.29, 0.717) is 11.3 Å². The number of hydrogen-bond donors (Lipinski definition) is 0. The number of halogens is 2. The predicted octanol–water partition coefficient (Wildman–Crippen LogP) is 4.05. The third kappa shape index (κ3) is 2.65. The average Bonchev–Trinajstić information content (AvgIpc) is 2.48. The maximum atomic E-state index is 13.4. The van der Waals surface area contributed by atoms with Gasteiger partial charge in [0.15, 0.2) is 5.78 Å². The summed E-state index contributed by atoms with van der Waals surface area (Å²) >= 11 is 2.17. The predicted molar refractivity (Wildman–Crippen MR) is 90.8 cm³/mol. The molecule has 1 aliphatic heterocycles. The lowest BCUT2D eigenvalue weighted by atomic mass is 9.94. The summed E-state index contributed by atoms with van der Waals surface area (Å²) in [5.41, 5.74) is 1.31. The van der Waals surface area contributed by atoms with Crippen LogP contribution in [-0.2, 0) is 0 Å². The van der Waals surface area contributed by atoms with Crippen LogP contribution in [0.4, 0.5) is 10.1 Å². The molecule has 5 heteroatoms. The van der Waals surface area contributed by atoms with Crippen LogP contribution < -0.4 is 4.90 Å². The normalized spacial score (nSPS) is 17.3. The van der Waals surface area contributed by atoms with Crippen LogP contribution in [-0.4, -0.2) is 17.7 Å². The van der Waals surface area contributed by atoms with E-state index >= 15 is 0 Å². The summed E-state index contributed by atoms with van der Waals surface area (Å²) in [6, 6.07) is 11.0. The number of rotatable bonds is 1. The minimum absolute atomic E-state index is 0.131. The molecule has 0 radical (unpaired) electrons. The van der Waals surface area contributed by atoms with Gasteiger partial charge in [0, 0.05) is 27.2 Å². The smallest absolute Gasteiger partial charge is 0.258 e. The quantitative estimate of drug-likeness (QED) is 0.667. The van der Waals surface area contributed by atoms with Crippen LogP contribution in [0.3, 0.4) is 0 Å². The zero-order valence-corrected chi connectivity index (χ0v) is 14.0. The van der Waals surface area contributed by atoms with Crippen molar-refractivity contribution in [1.82, 2.24) is 0 Å². The molecule has 1 amide bonds. The van der Waals surface area contributed by atoms with Crippen molar-refractivity contribution in [3.63, 3.8) is 0 Å². The summed E-state index contributed by atoms with van der Waals surface area (Å²) in [7, 11) is 0. The molecule has 0 fully saturated rings. The van der Waals surface area contributed by atoms with Crippen molar-refractivity contribution in [1.29, 1.82) is 0 Å². The summed E-state index contributed by atoms with van der Waals surface area (Å²) in [5.74, 6) is -0.777. The zero-order chi connectivity index (χ0) is 15.9. The highest BCUT2D eigenvalue weighted by Gasteiger charge is 2.33. The number of carbonyl (C=O) groups is 2. The van der Waals surface area contributed by atoms with E-state index in [2.05, 4.69) is 22.6 Å². The van der Waals surface area contributed by atoms with E-state index in [9.17, 15) is 14.0 Å². The number of fused-ring (bicyclic) bond motifs is 1. The van der Waals surface area contributed by atoms with Gasteiger partial charge in [0.2, 0.25) is 0 Å². The van der Waals surface area contributed by atoms with Crippen LogP contribution in [0.1, 0.15) is 34.1 Å². The Labute approximate surface area is 141 Å². The third-order valence-electron chi connectivity index (χ3n) is 3.75. The van der Waals surface area contributed by atoms with Crippen LogP contribution in [0.25, 0.3) is 0 Å². The molecule has 22 heavy (non-hydrogen) atoms. The molecule has 1 atom stereocenters. The van der Waals surface area contributed by atoms with Gasteiger partial charge < -0.3 is 4.90 Å². The molecule has 0 saturated carbocycles. The number of benzene rings is 2. The molecule has 0 bridgehead atoms. The lowest BCUT2D eigenvalue weighted by Crippen LogP contribution is -2.44. The molecular formula is C17H13FINO2. The second kappa shape index (κ2) is 5.79. The molecule has 2 aromatic carbocycles. The van der Waals surface area contributed by atoms with Crippen LogP contribution >= 0.6 is 22.6 Å². The standard InChI is InChI=1S/C17H13FINO2/c1-10-8-16(21)14-9-12(18)4-7-15(14)20(10)17(22)11-2-5-13(19)6-3-11/h2-7,9-10H,8H2,1H3. The number of Topliss-reactive ketones (excluding diaryl/α,β-unsaturated/α-hetero) is 1. The Bertz CT molecular complexity index is 758. The van der Waals surface area contributed by atoms with Gasteiger partial charge in [-0.15, -0.1) is 0 Å². The summed E-state index contributed by atoms with van der Waals surface area (Å²) in [5, 5.41) is 0. The molecule has 1 unspecified atom stereocenters. The second-order valence-electron chi connectivity index (χ2n) is 5.32. The topological polar surface area (TPSA) is 37.4 Å². The van der Waals surface area contributed by atoms with Gasteiger partial charge in [0.25, 0.3) is 5.91 Å². The Morgan fingerprint density at radius 1 is 1.23 bits per heavy atom. The molecule has 3 rings (SSSR count). The van der Waals surface area contributed by atoms with Gasteiger partial charge in [-0.05, 0) is 72.0 Å². The zero-order valence-electron chi connectivity index (χ0n) is 11.8. The fraction of sp³-hybridized carbons (Fsp3) is 0.176. The molecule has 2 aromatic rings. The lowest BCUT2D eigenvalue weighted by Gasteiger charge is -2.34. The van der Waals surface area contributed by atoms with Crippen molar-refractivity contribution in [2.75, 3.05) is 4.90 Å². The summed E-state index contributed by atoms with van der Waals surface area (Å²) in [6.07, 6.45) is 0.201. The summed E-state index contributed by atoms with van der Waals surface area (Å²) < 4.78 is 14.4. The second-order valence-corrected chi connectivity index (χ2v) is 6.57. The minimum atomic E-state index is -0.469. The molecule has 0 N–H and O–H groups in total. The first kappa shape index (κ1) is 15.1. The number of amides is 1. The van der Waals surface area contributed by atoms with Crippen molar-refractivity contribution in [2.24, 2.45) is 0 Å². The fourth-order valence-electron chi connectivity index (χ4n) is 2.69. The number of nitrogens with zero attached hydrogens (tertiary/aromatic N) is 1. The molecule has 1 aliphatic rings. The number of hydrogen-bond acceptors (Lipinski definition) is 2. The van der Waals surface area contributed by atoms with E-state index in [4.69, 9.17) is 0 Å².